The van der Waals surface area contributed by atoms with Crippen molar-refractivity contribution < 1.29 is 14.3 Å². The number of benzene rings is 2. The molecule has 154 valence electrons. The molecule has 2 aromatic carbocycles. The monoisotopic (exact) mass is 406 g/mol. The summed E-state index contributed by atoms with van der Waals surface area (Å²) in [5.74, 6) is -0.183. The average Bonchev–Trinajstić information content (AvgIpc) is 3.00. The zero-order valence-corrected chi connectivity index (χ0v) is 16.6. The van der Waals surface area contributed by atoms with Crippen LogP contribution in [0.5, 0.6) is 5.75 Å². The van der Waals surface area contributed by atoms with Crippen LogP contribution in [0.3, 0.4) is 0 Å². The summed E-state index contributed by atoms with van der Waals surface area (Å²) < 4.78 is 6.78. The van der Waals surface area contributed by atoms with Crippen LogP contribution in [0.2, 0.25) is 0 Å². The summed E-state index contributed by atoms with van der Waals surface area (Å²) in [5.41, 5.74) is 1.31. The van der Waals surface area contributed by atoms with Crippen LogP contribution in [0.4, 0.5) is 11.4 Å². The Hall–Kier alpha value is -3.68. The van der Waals surface area contributed by atoms with E-state index in [0.717, 1.165) is 31.5 Å². The van der Waals surface area contributed by atoms with Crippen LogP contribution < -0.4 is 20.9 Å². The number of anilines is 2. The number of methoxy groups -OCH3 is 1. The van der Waals surface area contributed by atoms with Gasteiger partial charge in [-0.25, -0.2) is 4.98 Å². The highest BCUT2D eigenvalue weighted by Gasteiger charge is 2.17. The second kappa shape index (κ2) is 8.36. The molecule has 0 saturated carbocycles. The molecule has 8 heteroatoms. The summed E-state index contributed by atoms with van der Waals surface area (Å²) >= 11 is 0. The maximum Gasteiger partial charge on any atom is 0.314 e. The van der Waals surface area contributed by atoms with Gasteiger partial charge >= 0.3 is 11.8 Å². The van der Waals surface area contributed by atoms with Gasteiger partial charge in [-0.3, -0.25) is 19.0 Å². The zero-order chi connectivity index (χ0) is 21.1. The Kier molecular flexibility index (Phi) is 5.47. The molecule has 3 aromatic rings. The van der Waals surface area contributed by atoms with Crippen molar-refractivity contribution in [3.8, 4) is 5.75 Å². The van der Waals surface area contributed by atoms with Gasteiger partial charge in [0.15, 0.2) is 0 Å². The third-order valence-electron chi connectivity index (χ3n) is 5.13. The predicted octanol–water partition coefficient (Wildman–Crippen LogP) is 2.71. The highest BCUT2D eigenvalue weighted by atomic mass is 16.5. The van der Waals surface area contributed by atoms with Crippen molar-refractivity contribution in [3.63, 3.8) is 0 Å². The number of nitrogens with one attached hydrogen (secondary N) is 2. The quantitative estimate of drug-likeness (QED) is 0.651. The van der Waals surface area contributed by atoms with Crippen LogP contribution in [0.1, 0.15) is 25.1 Å². The maximum absolute atomic E-state index is 12.9. The van der Waals surface area contributed by atoms with Gasteiger partial charge in [0, 0.05) is 24.3 Å². The molecular formula is C22H22N4O4. The van der Waals surface area contributed by atoms with E-state index in [4.69, 9.17) is 4.74 Å². The Balaban J connectivity index is 1.52. The van der Waals surface area contributed by atoms with Crippen LogP contribution in [0.25, 0.3) is 10.9 Å². The number of fused-ring (bicyclic) bond motifs is 2. The molecule has 0 atom stereocenters. The van der Waals surface area contributed by atoms with Gasteiger partial charge in [-0.2, -0.15) is 0 Å². The number of ether oxygens (including phenoxy) is 1. The van der Waals surface area contributed by atoms with Crippen LogP contribution >= 0.6 is 0 Å². The number of aryl methyl sites for hydroxylation is 1. The summed E-state index contributed by atoms with van der Waals surface area (Å²) in [6, 6.07) is 11.5. The standard InChI is InChI=1S/C22H22N4O4/c1-30-16-9-6-14(7-10-16)23-20(27)21(28)24-15-8-11-18-17(13-15)22(29)26-12-4-2-3-5-19(26)25-18/h6-11,13H,2-5,12H2,1H3,(H,23,27)(H,24,28). The zero-order valence-electron chi connectivity index (χ0n) is 16.6. The van der Waals surface area contributed by atoms with E-state index in [9.17, 15) is 14.4 Å². The van der Waals surface area contributed by atoms with E-state index in [0.29, 0.717) is 34.6 Å². The minimum absolute atomic E-state index is 0.115. The Bertz CT molecular complexity index is 1170. The predicted molar refractivity (Wildman–Crippen MR) is 114 cm³/mol. The van der Waals surface area contributed by atoms with Gasteiger partial charge in [0.1, 0.15) is 11.6 Å². The van der Waals surface area contributed by atoms with E-state index < -0.39 is 11.8 Å². The topological polar surface area (TPSA) is 102 Å². The van der Waals surface area contributed by atoms with Crippen molar-refractivity contribution in [2.75, 3.05) is 17.7 Å². The number of rotatable bonds is 3. The molecule has 4 rings (SSSR count). The highest BCUT2D eigenvalue weighted by Crippen LogP contribution is 2.19. The number of carbonyl (C=O) groups is 2. The largest absolute Gasteiger partial charge is 0.497 e. The van der Waals surface area contributed by atoms with Crippen molar-refractivity contribution in [2.24, 2.45) is 0 Å². The number of aromatic nitrogens is 2. The summed E-state index contributed by atoms with van der Waals surface area (Å²) in [6.07, 6.45) is 3.83. The van der Waals surface area contributed by atoms with E-state index in [1.165, 1.54) is 0 Å². The van der Waals surface area contributed by atoms with E-state index in [-0.39, 0.29) is 5.56 Å². The molecule has 0 radical (unpaired) electrons. The summed E-state index contributed by atoms with van der Waals surface area (Å²) in [5, 5.41) is 5.49. The fraction of sp³-hybridized carbons (Fsp3) is 0.273. The molecule has 1 aromatic heterocycles. The summed E-state index contributed by atoms with van der Waals surface area (Å²) in [4.78, 5) is 42.0. The highest BCUT2D eigenvalue weighted by molar-refractivity contribution is 6.43. The van der Waals surface area contributed by atoms with Gasteiger partial charge in [-0.15, -0.1) is 0 Å². The first kappa shape index (κ1) is 19.6. The van der Waals surface area contributed by atoms with Crippen molar-refractivity contribution in [3.05, 3.63) is 58.6 Å². The first-order chi connectivity index (χ1) is 14.5. The third kappa shape index (κ3) is 4.03. The van der Waals surface area contributed by atoms with Gasteiger partial charge in [0.25, 0.3) is 5.56 Å². The number of hydrogen-bond donors (Lipinski definition) is 2. The number of carbonyl (C=O) groups excluding carboxylic acids is 2. The van der Waals surface area contributed by atoms with Crippen molar-refractivity contribution in [1.82, 2.24) is 9.55 Å². The minimum Gasteiger partial charge on any atom is -0.497 e. The molecule has 0 aliphatic carbocycles. The molecule has 8 nitrogen and oxygen atoms in total. The first-order valence-electron chi connectivity index (χ1n) is 9.85. The normalized spacial score (nSPS) is 13.2. The lowest BCUT2D eigenvalue weighted by atomic mass is 10.2. The molecule has 2 N–H and O–H groups in total. The summed E-state index contributed by atoms with van der Waals surface area (Å²) in [6.45, 7) is 0.651. The Morgan fingerprint density at radius 3 is 2.40 bits per heavy atom. The summed E-state index contributed by atoms with van der Waals surface area (Å²) in [7, 11) is 1.54. The van der Waals surface area contributed by atoms with E-state index in [1.807, 2.05) is 0 Å². The number of amides is 2. The fourth-order valence-corrected chi connectivity index (χ4v) is 3.55. The van der Waals surface area contributed by atoms with Crippen molar-refractivity contribution in [1.29, 1.82) is 0 Å². The minimum atomic E-state index is -0.826. The lowest BCUT2D eigenvalue weighted by Gasteiger charge is -2.11. The average molecular weight is 406 g/mol. The van der Waals surface area contributed by atoms with E-state index in [2.05, 4.69) is 15.6 Å². The molecule has 0 spiro atoms. The van der Waals surface area contributed by atoms with Crippen molar-refractivity contribution >= 4 is 34.1 Å². The molecule has 0 unspecified atom stereocenters. The first-order valence-corrected chi connectivity index (χ1v) is 9.85. The molecule has 2 heterocycles. The molecule has 1 aliphatic rings. The lowest BCUT2D eigenvalue weighted by Crippen LogP contribution is -2.29. The lowest BCUT2D eigenvalue weighted by molar-refractivity contribution is -0.132. The molecule has 2 amide bonds. The number of nitrogens with zero attached hydrogens (tertiary/aromatic N) is 2. The van der Waals surface area contributed by atoms with Gasteiger partial charge in [0.2, 0.25) is 0 Å². The second-order valence-electron chi connectivity index (χ2n) is 7.16. The molecular weight excluding hydrogens is 384 g/mol. The van der Waals surface area contributed by atoms with Crippen molar-refractivity contribution in [2.45, 2.75) is 32.2 Å². The Labute approximate surface area is 172 Å². The van der Waals surface area contributed by atoms with Gasteiger partial charge in [0.05, 0.1) is 18.0 Å². The molecule has 0 fully saturated rings. The van der Waals surface area contributed by atoms with Crippen LogP contribution in [-0.2, 0) is 22.6 Å². The Morgan fingerprint density at radius 1 is 0.967 bits per heavy atom. The van der Waals surface area contributed by atoms with E-state index >= 15 is 0 Å². The smallest absolute Gasteiger partial charge is 0.314 e. The maximum atomic E-state index is 12.9. The Morgan fingerprint density at radius 2 is 1.67 bits per heavy atom. The molecule has 0 bridgehead atoms. The second-order valence-corrected chi connectivity index (χ2v) is 7.16. The van der Waals surface area contributed by atoms with Gasteiger partial charge in [-0.1, -0.05) is 6.42 Å². The van der Waals surface area contributed by atoms with Crippen LogP contribution in [-0.4, -0.2) is 28.5 Å². The molecule has 1 aliphatic heterocycles. The fourth-order valence-electron chi connectivity index (χ4n) is 3.55. The van der Waals surface area contributed by atoms with E-state index in [1.54, 1.807) is 54.1 Å². The number of hydrogen-bond acceptors (Lipinski definition) is 5. The van der Waals surface area contributed by atoms with Gasteiger partial charge < -0.3 is 15.4 Å². The van der Waals surface area contributed by atoms with Crippen LogP contribution in [0, 0.1) is 0 Å². The molecule has 30 heavy (non-hydrogen) atoms. The van der Waals surface area contributed by atoms with Crippen LogP contribution in [0.15, 0.2) is 47.3 Å². The SMILES string of the molecule is COc1ccc(NC(=O)C(=O)Nc2ccc3nc4n(c(=O)c3c2)CCCCC4)cc1. The third-order valence-corrected chi connectivity index (χ3v) is 5.13. The van der Waals surface area contributed by atoms with Gasteiger partial charge in [-0.05, 0) is 55.3 Å². The molecule has 0 saturated heterocycles.